The van der Waals surface area contributed by atoms with Gasteiger partial charge in [-0.15, -0.1) is 0 Å². The molecule has 0 atom stereocenters. The number of hydrogen-bond donors (Lipinski definition) is 2. The number of nitrogens with one attached hydrogen (secondary N) is 2. The van der Waals surface area contributed by atoms with E-state index in [0.29, 0.717) is 0 Å². The minimum absolute atomic E-state index is 0.999. The Morgan fingerprint density at radius 1 is 0.828 bits per heavy atom. The van der Waals surface area contributed by atoms with E-state index in [2.05, 4.69) is 68.1 Å². The van der Waals surface area contributed by atoms with Gasteiger partial charge in [0.2, 0.25) is 0 Å². The molecule has 2 aliphatic heterocycles. The Morgan fingerprint density at radius 3 is 2.52 bits per heavy atom. The molecule has 2 aliphatic rings. The molecule has 29 heavy (non-hydrogen) atoms. The van der Waals surface area contributed by atoms with Crippen molar-refractivity contribution >= 4 is 27.5 Å². The van der Waals surface area contributed by atoms with E-state index >= 15 is 0 Å². The second-order valence-corrected chi connectivity index (χ2v) is 6.47. The van der Waals surface area contributed by atoms with Crippen molar-refractivity contribution in [1.29, 1.82) is 0 Å². The van der Waals surface area contributed by atoms with Gasteiger partial charge in [0.15, 0.2) is 0 Å². The Kier molecular flexibility index (Phi) is 5.98. The van der Waals surface area contributed by atoms with Gasteiger partial charge in [-0.05, 0) is 54.5 Å². The zero-order valence-corrected chi connectivity index (χ0v) is 16.0. The zero-order chi connectivity index (χ0) is 19.7. The first kappa shape index (κ1) is 18.5. The number of aromatic nitrogens is 2. The van der Waals surface area contributed by atoms with Crippen molar-refractivity contribution in [3.05, 3.63) is 103 Å². The van der Waals surface area contributed by atoms with Crippen LogP contribution in [0.1, 0.15) is 5.56 Å². The minimum Gasteiger partial charge on any atom is -0.391 e. The summed E-state index contributed by atoms with van der Waals surface area (Å²) >= 11 is 0. The van der Waals surface area contributed by atoms with Crippen LogP contribution in [0, 0.1) is 0 Å². The average molecular weight is 382 g/mol. The van der Waals surface area contributed by atoms with Gasteiger partial charge in [0.05, 0.1) is 11.0 Å². The number of fused-ring (bicyclic) bond motifs is 4. The largest absolute Gasteiger partial charge is 0.391 e. The number of anilines is 1. The predicted octanol–water partition coefficient (Wildman–Crippen LogP) is 4.99. The summed E-state index contributed by atoms with van der Waals surface area (Å²) < 4.78 is 0. The number of pyridine rings is 2. The first-order chi connectivity index (χ1) is 14.4. The zero-order valence-electron chi connectivity index (χ0n) is 16.0. The maximum atomic E-state index is 4.55. The van der Waals surface area contributed by atoms with Crippen LogP contribution < -0.4 is 10.8 Å². The van der Waals surface area contributed by atoms with E-state index in [1.807, 2.05) is 30.5 Å². The summed E-state index contributed by atoms with van der Waals surface area (Å²) in [4.78, 5) is 13.2. The van der Waals surface area contributed by atoms with E-state index in [1.54, 1.807) is 24.7 Å². The standard InChI is InChI=1S/C12H8N2.C8H9N.C4H5NO/c1-3-9-5-6-11-10(4-2-7-13-11)12(9)14-8-1;1-2-4-8-7(3-1)5-6-9-8;1-2-4-6-5-3-1/h1-8H;1-4,9H,5-6H2;1-5H. The molecule has 144 valence electrons. The molecule has 0 fully saturated rings. The molecular formula is C24H22N4O. The molecule has 0 saturated carbocycles. The smallest absolute Gasteiger partial charge is 0.119 e. The fourth-order valence-corrected chi connectivity index (χ4v) is 3.20. The minimum atomic E-state index is 0.999. The van der Waals surface area contributed by atoms with Gasteiger partial charge in [0, 0.05) is 41.6 Å². The molecule has 4 aromatic rings. The van der Waals surface area contributed by atoms with Crippen molar-refractivity contribution in [2.75, 3.05) is 11.9 Å². The van der Waals surface area contributed by atoms with Gasteiger partial charge in [0.25, 0.3) is 0 Å². The highest BCUT2D eigenvalue weighted by atomic mass is 16.6. The Morgan fingerprint density at radius 2 is 1.72 bits per heavy atom. The van der Waals surface area contributed by atoms with Crippen molar-refractivity contribution in [1.82, 2.24) is 15.4 Å². The third-order valence-electron chi connectivity index (χ3n) is 4.57. The Hall–Kier alpha value is -3.86. The summed E-state index contributed by atoms with van der Waals surface area (Å²) in [7, 11) is 0. The highest BCUT2D eigenvalue weighted by Crippen LogP contribution is 2.21. The van der Waals surface area contributed by atoms with Gasteiger partial charge >= 0.3 is 0 Å². The molecule has 4 heterocycles. The lowest BCUT2D eigenvalue weighted by Gasteiger charge is -2.00. The van der Waals surface area contributed by atoms with Crippen molar-refractivity contribution < 1.29 is 4.84 Å². The molecule has 0 unspecified atom stereocenters. The number of hydrogen-bond acceptors (Lipinski definition) is 5. The fourth-order valence-electron chi connectivity index (χ4n) is 3.20. The summed E-state index contributed by atoms with van der Waals surface area (Å²) in [5.74, 6) is 0. The van der Waals surface area contributed by atoms with E-state index in [1.165, 1.54) is 17.7 Å². The maximum absolute atomic E-state index is 4.55. The van der Waals surface area contributed by atoms with Gasteiger partial charge < -0.3 is 10.2 Å². The Labute approximate surface area is 169 Å². The summed E-state index contributed by atoms with van der Waals surface area (Å²) in [5, 5.41) is 5.58. The summed E-state index contributed by atoms with van der Waals surface area (Å²) in [6.45, 7) is 1.11. The van der Waals surface area contributed by atoms with Crippen molar-refractivity contribution in [3.63, 3.8) is 0 Å². The van der Waals surface area contributed by atoms with Crippen molar-refractivity contribution in [3.8, 4) is 0 Å². The molecule has 5 nitrogen and oxygen atoms in total. The topological polar surface area (TPSA) is 59.1 Å². The third-order valence-corrected chi connectivity index (χ3v) is 4.57. The van der Waals surface area contributed by atoms with E-state index in [9.17, 15) is 0 Å². The molecule has 0 aliphatic carbocycles. The van der Waals surface area contributed by atoms with Crippen LogP contribution in [-0.2, 0) is 11.3 Å². The lowest BCUT2D eigenvalue weighted by molar-refractivity contribution is 0.172. The average Bonchev–Trinajstić information content (AvgIpc) is 3.30. The molecule has 0 radical (unpaired) electrons. The quantitative estimate of drug-likeness (QED) is 0.420. The maximum Gasteiger partial charge on any atom is 0.119 e. The lowest BCUT2D eigenvalue weighted by atomic mass is 10.1. The van der Waals surface area contributed by atoms with Crippen LogP contribution in [0.4, 0.5) is 5.69 Å². The first-order valence-corrected chi connectivity index (χ1v) is 9.55. The van der Waals surface area contributed by atoms with Crippen LogP contribution in [0.3, 0.4) is 0 Å². The lowest BCUT2D eigenvalue weighted by Crippen LogP contribution is -2.01. The number of nitrogens with zero attached hydrogens (tertiary/aromatic N) is 2. The fraction of sp³-hybridized carbons (Fsp3) is 0.0833. The second kappa shape index (κ2) is 9.37. The first-order valence-electron chi connectivity index (χ1n) is 9.55. The van der Waals surface area contributed by atoms with Crippen LogP contribution >= 0.6 is 0 Å². The number of benzene rings is 2. The predicted molar refractivity (Wildman–Crippen MR) is 118 cm³/mol. The molecule has 0 spiro atoms. The molecule has 0 bridgehead atoms. The highest BCUT2D eigenvalue weighted by Gasteiger charge is 2.06. The number of allylic oxidation sites excluding steroid dienone is 2. The molecule has 2 N–H and O–H groups in total. The van der Waals surface area contributed by atoms with Crippen LogP contribution in [-0.4, -0.2) is 16.5 Å². The van der Waals surface area contributed by atoms with E-state index in [-0.39, 0.29) is 0 Å². The Balaban J connectivity index is 0.000000117. The molecule has 0 amide bonds. The third kappa shape index (κ3) is 4.71. The highest BCUT2D eigenvalue weighted by molar-refractivity contribution is 6.03. The second-order valence-electron chi connectivity index (χ2n) is 6.47. The monoisotopic (exact) mass is 382 g/mol. The number of hydroxylamine groups is 1. The van der Waals surface area contributed by atoms with Gasteiger partial charge in [-0.2, -0.15) is 0 Å². The van der Waals surface area contributed by atoms with Crippen LogP contribution in [0.2, 0.25) is 0 Å². The normalized spacial score (nSPS) is 13.1. The summed E-state index contributed by atoms with van der Waals surface area (Å²) in [6.07, 6.45) is 11.7. The molecule has 5 heteroatoms. The van der Waals surface area contributed by atoms with E-state index in [0.717, 1.165) is 28.4 Å². The Bertz CT molecular complexity index is 1060. The summed E-state index contributed by atoms with van der Waals surface area (Å²) in [6, 6.07) is 20.5. The van der Waals surface area contributed by atoms with Crippen molar-refractivity contribution in [2.45, 2.75) is 6.42 Å². The van der Waals surface area contributed by atoms with Gasteiger partial charge in [-0.1, -0.05) is 30.3 Å². The molecular weight excluding hydrogens is 360 g/mol. The van der Waals surface area contributed by atoms with Gasteiger partial charge in [-0.25, -0.2) is 5.48 Å². The van der Waals surface area contributed by atoms with Gasteiger partial charge in [-0.3, -0.25) is 9.97 Å². The molecule has 0 saturated heterocycles. The SMILES string of the molecule is C1=CNOC=C1.c1ccc2c(c1)CCN2.c1cnc2c(c1)ccc1ncccc12. The van der Waals surface area contributed by atoms with E-state index in [4.69, 9.17) is 0 Å². The van der Waals surface area contributed by atoms with Gasteiger partial charge in [0.1, 0.15) is 6.26 Å². The van der Waals surface area contributed by atoms with E-state index < -0.39 is 0 Å². The summed E-state index contributed by atoms with van der Waals surface area (Å²) in [5.41, 5.74) is 7.32. The van der Waals surface area contributed by atoms with Crippen LogP contribution in [0.25, 0.3) is 21.8 Å². The van der Waals surface area contributed by atoms with Crippen LogP contribution in [0.15, 0.2) is 97.7 Å². The molecule has 6 rings (SSSR count). The molecule has 2 aromatic heterocycles. The number of para-hydroxylation sites is 1. The van der Waals surface area contributed by atoms with Crippen molar-refractivity contribution in [2.24, 2.45) is 0 Å². The number of rotatable bonds is 0. The van der Waals surface area contributed by atoms with Crippen LogP contribution in [0.5, 0.6) is 0 Å². The molecule has 2 aromatic carbocycles.